The first kappa shape index (κ1) is 13.7. The summed E-state index contributed by atoms with van der Waals surface area (Å²) in [7, 11) is 0. The second kappa shape index (κ2) is 6.04. The van der Waals surface area contributed by atoms with Crippen LogP contribution in [0.5, 0.6) is 0 Å². The van der Waals surface area contributed by atoms with Crippen LogP contribution in [0.1, 0.15) is 36.1 Å². The molecule has 3 nitrogen and oxygen atoms in total. The van der Waals surface area contributed by atoms with E-state index in [9.17, 15) is 4.39 Å². The van der Waals surface area contributed by atoms with Gasteiger partial charge in [-0.25, -0.2) is 4.39 Å². The Labute approximate surface area is 123 Å². The lowest BCUT2D eigenvalue weighted by Gasteiger charge is -2.15. The average Bonchev–Trinajstić information content (AvgIpc) is 2.92. The Bertz CT molecular complexity index is 655. The minimum atomic E-state index is -0.296. The van der Waals surface area contributed by atoms with Crippen molar-refractivity contribution in [3.63, 3.8) is 0 Å². The third-order valence-electron chi connectivity index (χ3n) is 3.69. The van der Waals surface area contributed by atoms with E-state index in [0.29, 0.717) is 12.0 Å². The Hall–Kier alpha value is -2.23. The highest BCUT2D eigenvalue weighted by atomic mass is 19.1. The molecule has 0 aliphatic carbocycles. The van der Waals surface area contributed by atoms with Crippen molar-refractivity contribution in [1.29, 1.82) is 0 Å². The molecule has 0 unspecified atom stereocenters. The largest absolute Gasteiger partial charge is 0.387 e. The van der Waals surface area contributed by atoms with Crippen LogP contribution in [-0.4, -0.2) is 10.7 Å². The zero-order chi connectivity index (χ0) is 14.7. The highest BCUT2D eigenvalue weighted by Crippen LogP contribution is 2.32. The summed E-state index contributed by atoms with van der Waals surface area (Å²) in [6.45, 7) is 1.90. The van der Waals surface area contributed by atoms with Crippen molar-refractivity contribution in [1.82, 2.24) is 4.98 Å². The molecule has 108 valence electrons. The number of rotatable bonds is 4. The second-order valence-electron chi connectivity index (χ2n) is 5.30. The van der Waals surface area contributed by atoms with Gasteiger partial charge in [0.15, 0.2) is 6.10 Å². The fraction of sp³-hybridized carbons (Fsp3) is 0.294. The first-order chi connectivity index (χ1) is 10.2. The molecular weight excluding hydrogens is 267 g/mol. The molecule has 21 heavy (non-hydrogen) atoms. The maximum absolute atomic E-state index is 14.2. The zero-order valence-electron chi connectivity index (χ0n) is 11.9. The quantitative estimate of drug-likeness (QED) is 0.854. The van der Waals surface area contributed by atoms with Crippen molar-refractivity contribution in [2.24, 2.45) is 5.16 Å². The molecule has 0 bridgehead atoms. The molecule has 1 aliphatic rings. The molecule has 1 aromatic carbocycles. The van der Waals surface area contributed by atoms with Crippen molar-refractivity contribution >= 4 is 5.71 Å². The number of halogens is 1. The minimum Gasteiger partial charge on any atom is -0.387 e. The molecule has 2 heterocycles. The van der Waals surface area contributed by atoms with E-state index in [0.717, 1.165) is 29.7 Å². The number of pyridine rings is 1. The van der Waals surface area contributed by atoms with Crippen LogP contribution in [0.4, 0.5) is 4.39 Å². The Balaban J connectivity index is 1.80. The highest BCUT2D eigenvalue weighted by Gasteiger charge is 2.25. The van der Waals surface area contributed by atoms with E-state index in [1.807, 2.05) is 31.3 Å². The number of benzene rings is 1. The standard InChI is InChI=1S/C17H17FN2O/c1-12-10-16(21-20-12)17-14(5-2-6-15(17)18)8-7-13-4-3-9-19-11-13/h2-6,9,11,16H,7-8,10H2,1H3/t16-/m1/s1. The van der Waals surface area contributed by atoms with E-state index in [2.05, 4.69) is 10.1 Å². The van der Waals surface area contributed by atoms with Crippen molar-refractivity contribution in [3.05, 3.63) is 65.2 Å². The van der Waals surface area contributed by atoms with Gasteiger partial charge in [-0.05, 0) is 43.0 Å². The van der Waals surface area contributed by atoms with Gasteiger partial charge < -0.3 is 4.84 Å². The lowest BCUT2D eigenvalue weighted by molar-refractivity contribution is 0.0822. The number of aryl methyl sites for hydroxylation is 2. The van der Waals surface area contributed by atoms with Gasteiger partial charge in [-0.1, -0.05) is 23.4 Å². The third kappa shape index (κ3) is 3.10. The molecule has 3 rings (SSSR count). The second-order valence-corrected chi connectivity index (χ2v) is 5.30. The van der Waals surface area contributed by atoms with Crippen LogP contribution in [-0.2, 0) is 17.7 Å². The fourth-order valence-electron chi connectivity index (χ4n) is 2.64. The Morgan fingerprint density at radius 2 is 2.14 bits per heavy atom. The Morgan fingerprint density at radius 3 is 2.86 bits per heavy atom. The van der Waals surface area contributed by atoms with Gasteiger partial charge >= 0.3 is 0 Å². The van der Waals surface area contributed by atoms with E-state index in [1.54, 1.807) is 12.3 Å². The van der Waals surface area contributed by atoms with Gasteiger partial charge in [0, 0.05) is 24.4 Å². The topological polar surface area (TPSA) is 34.5 Å². The highest BCUT2D eigenvalue weighted by molar-refractivity contribution is 5.83. The molecule has 4 heteroatoms. The summed E-state index contributed by atoms with van der Waals surface area (Å²) >= 11 is 0. The van der Waals surface area contributed by atoms with Gasteiger partial charge in [0.25, 0.3) is 0 Å². The van der Waals surface area contributed by atoms with Crippen LogP contribution < -0.4 is 0 Å². The number of aromatic nitrogens is 1. The summed E-state index contributed by atoms with van der Waals surface area (Å²) in [6.07, 6.45) is 5.55. The van der Waals surface area contributed by atoms with Crippen LogP contribution in [0.25, 0.3) is 0 Å². The van der Waals surface area contributed by atoms with Crippen molar-refractivity contribution in [3.8, 4) is 0 Å². The maximum atomic E-state index is 14.2. The Kier molecular flexibility index (Phi) is 3.95. The van der Waals surface area contributed by atoms with Crippen LogP contribution in [0, 0.1) is 5.82 Å². The average molecular weight is 284 g/mol. The van der Waals surface area contributed by atoms with Crippen LogP contribution in [0.3, 0.4) is 0 Å². The van der Waals surface area contributed by atoms with Gasteiger partial charge in [-0.3, -0.25) is 4.98 Å². The number of oxime groups is 1. The molecule has 1 aromatic heterocycles. The van der Waals surface area contributed by atoms with Gasteiger partial charge in [-0.2, -0.15) is 0 Å². The van der Waals surface area contributed by atoms with Crippen LogP contribution in [0.2, 0.25) is 0 Å². The van der Waals surface area contributed by atoms with Crippen molar-refractivity contribution in [2.45, 2.75) is 32.3 Å². The number of nitrogens with zero attached hydrogens (tertiary/aromatic N) is 2. The van der Waals surface area contributed by atoms with Gasteiger partial charge in [0.1, 0.15) is 5.82 Å². The molecule has 0 spiro atoms. The minimum absolute atomic E-state index is 0.214. The maximum Gasteiger partial charge on any atom is 0.160 e. The summed E-state index contributed by atoms with van der Waals surface area (Å²) < 4.78 is 14.2. The van der Waals surface area contributed by atoms with Crippen LogP contribution in [0.15, 0.2) is 47.9 Å². The monoisotopic (exact) mass is 284 g/mol. The molecule has 0 amide bonds. The molecule has 2 aromatic rings. The summed E-state index contributed by atoms with van der Waals surface area (Å²) in [5, 5.41) is 3.93. The van der Waals surface area contributed by atoms with Crippen LogP contribution >= 0.6 is 0 Å². The third-order valence-corrected chi connectivity index (χ3v) is 3.69. The molecule has 1 aliphatic heterocycles. The molecule has 0 saturated heterocycles. The number of hydrogen-bond donors (Lipinski definition) is 0. The lowest BCUT2D eigenvalue weighted by Crippen LogP contribution is -2.07. The Morgan fingerprint density at radius 1 is 1.24 bits per heavy atom. The smallest absolute Gasteiger partial charge is 0.160 e. The van der Waals surface area contributed by atoms with Crippen molar-refractivity contribution in [2.75, 3.05) is 0 Å². The molecule has 0 fully saturated rings. The van der Waals surface area contributed by atoms with Gasteiger partial charge in [-0.15, -0.1) is 0 Å². The fourth-order valence-corrected chi connectivity index (χ4v) is 2.64. The van der Waals surface area contributed by atoms with Gasteiger partial charge in [0.2, 0.25) is 0 Å². The molecule has 0 radical (unpaired) electrons. The van der Waals surface area contributed by atoms with Gasteiger partial charge in [0.05, 0.1) is 5.71 Å². The van der Waals surface area contributed by atoms with E-state index >= 15 is 0 Å². The van der Waals surface area contributed by atoms with E-state index in [1.165, 1.54) is 6.07 Å². The normalized spacial score (nSPS) is 17.4. The first-order valence-corrected chi connectivity index (χ1v) is 7.09. The summed E-state index contributed by atoms with van der Waals surface area (Å²) in [5.41, 5.74) is 3.67. The van der Waals surface area contributed by atoms with Crippen molar-refractivity contribution < 1.29 is 9.23 Å². The predicted octanol–water partition coefficient (Wildman–Crippen LogP) is 3.84. The molecule has 1 atom stereocenters. The molecular formula is C17H17FN2O. The predicted molar refractivity (Wildman–Crippen MR) is 79.6 cm³/mol. The summed E-state index contributed by atoms with van der Waals surface area (Å²) in [6, 6.07) is 9.15. The molecule has 0 saturated carbocycles. The van der Waals surface area contributed by atoms with E-state index < -0.39 is 0 Å². The first-order valence-electron chi connectivity index (χ1n) is 7.09. The zero-order valence-corrected chi connectivity index (χ0v) is 11.9. The lowest BCUT2D eigenvalue weighted by atomic mass is 9.94. The molecule has 0 N–H and O–H groups in total. The summed E-state index contributed by atoms with van der Waals surface area (Å²) in [4.78, 5) is 9.47. The van der Waals surface area contributed by atoms with E-state index in [4.69, 9.17) is 4.84 Å². The number of hydrogen-bond acceptors (Lipinski definition) is 3. The summed E-state index contributed by atoms with van der Waals surface area (Å²) in [5.74, 6) is -0.214. The van der Waals surface area contributed by atoms with E-state index in [-0.39, 0.29) is 11.9 Å². The SMILES string of the molecule is CC1=NO[C@@H](c2c(F)cccc2CCc2cccnc2)C1.